The Morgan fingerprint density at radius 1 is 0.144 bits per heavy atom. The molecule has 29 rings (SSSR count). The molecule has 684 valence electrons. The van der Waals surface area contributed by atoms with Gasteiger partial charge in [0.05, 0.1) is 124 Å². The summed E-state index contributed by atoms with van der Waals surface area (Å²) in [5.41, 5.74) is 40.7. The van der Waals surface area contributed by atoms with Crippen molar-refractivity contribution >= 4 is 110 Å². The monoisotopic (exact) mass is 1870 g/mol. The first kappa shape index (κ1) is 86.0. The predicted molar refractivity (Wildman–Crippen MR) is 585 cm³/mol. The summed E-state index contributed by atoms with van der Waals surface area (Å²) in [5.74, 6) is 0. The van der Waals surface area contributed by atoms with E-state index in [0.717, 1.165) is 257 Å². The van der Waals surface area contributed by atoms with Gasteiger partial charge in [-0.1, -0.05) is 255 Å². The largest absolute Gasteiger partial charge is 0.298 e. The third kappa shape index (κ3) is 16.3. The molecule has 29 aromatic rings. The molecule has 0 saturated carbocycles. The lowest BCUT2D eigenvalue weighted by molar-refractivity contribution is 1.22. The molecule has 0 aliphatic rings. The fourth-order valence-corrected chi connectivity index (χ4v) is 19.3. The van der Waals surface area contributed by atoms with Gasteiger partial charge in [-0.3, -0.25) is 37.5 Å². The molecule has 0 atom stereocenters. The Balaban J connectivity index is 0.0000000991. The molecule has 0 radical (unpaired) electrons. The summed E-state index contributed by atoms with van der Waals surface area (Å²) >= 11 is 0. The van der Waals surface area contributed by atoms with E-state index in [-0.39, 0.29) is 0 Å². The molecule has 20 nitrogen and oxygen atoms in total. The molecule has 0 N–H and O–H groups in total. The Kier molecular flexibility index (Phi) is 22.0. The number of hydrogen-bond acceptors (Lipinski definition) is 16. The van der Waals surface area contributed by atoms with Crippen molar-refractivity contribution in [3.8, 4) is 146 Å². The van der Waals surface area contributed by atoms with Crippen LogP contribution in [0.2, 0.25) is 0 Å². The molecular formula is C126H80N20. The Bertz CT molecular complexity index is 9330. The van der Waals surface area contributed by atoms with Crippen LogP contribution in [0.15, 0.2) is 487 Å². The van der Waals surface area contributed by atoms with E-state index >= 15 is 0 Å². The SMILES string of the molecule is c1cc(-c2ccncc2)nc(-c2ccc(-c3nc4ccccc4c4nc5ccccn5c34)cc2)c1.c1ccc(-c2cccc(-c3ccc(-c4ccc(-c5nc6ccccc6c6nc7ccccn7c56)cc4)cc3)n2)nc1.c1ccc(-c2cccc(-c3ccc(-c4nc5ccccc5c5nc6ccccn6c45)cc3)n2)nc1.c1cncc(-c2cccc(-c3ccc(-c4nc5ccccc5c5nc6ccccn6c45)cc3)n2)c1. The average molecular weight is 1870 g/mol. The first-order valence-corrected chi connectivity index (χ1v) is 48.0. The Hall–Kier alpha value is -20.4. The normalized spacial score (nSPS) is 11.4. The summed E-state index contributed by atoms with van der Waals surface area (Å²) in [5, 5.41) is 4.24. The fraction of sp³-hybridized carbons (Fsp3) is 0. The highest BCUT2D eigenvalue weighted by Crippen LogP contribution is 2.42. The van der Waals surface area contributed by atoms with Crippen molar-refractivity contribution in [3.63, 3.8) is 0 Å². The molecular weight excluding hydrogens is 1790 g/mol. The van der Waals surface area contributed by atoms with E-state index in [4.69, 9.17) is 59.8 Å². The van der Waals surface area contributed by atoms with Crippen LogP contribution in [0, 0.1) is 0 Å². The maximum atomic E-state index is 5.10. The van der Waals surface area contributed by atoms with Gasteiger partial charge in [0.25, 0.3) is 0 Å². The summed E-state index contributed by atoms with van der Waals surface area (Å²) in [4.78, 5) is 76.7. The molecule has 0 aliphatic heterocycles. The maximum Gasteiger partial charge on any atom is 0.137 e. The van der Waals surface area contributed by atoms with Crippen LogP contribution in [-0.2, 0) is 0 Å². The fourth-order valence-electron chi connectivity index (χ4n) is 19.3. The van der Waals surface area contributed by atoms with Crippen LogP contribution in [0.3, 0.4) is 0 Å². The zero-order valence-electron chi connectivity index (χ0n) is 78.1. The summed E-state index contributed by atoms with van der Waals surface area (Å²) in [6.45, 7) is 0. The van der Waals surface area contributed by atoms with Crippen LogP contribution in [0.4, 0.5) is 0 Å². The summed E-state index contributed by atoms with van der Waals surface area (Å²) in [6, 6.07) is 143. The van der Waals surface area contributed by atoms with Gasteiger partial charge in [-0.2, -0.15) is 0 Å². The number of nitrogens with zero attached hydrogens (tertiary/aromatic N) is 20. The lowest BCUT2D eigenvalue weighted by atomic mass is 10.00. The molecule has 0 saturated heterocycles. The molecule has 9 aromatic carbocycles. The molecule has 0 bridgehead atoms. The summed E-state index contributed by atoms with van der Waals surface area (Å²) in [6.07, 6.45) is 19.0. The van der Waals surface area contributed by atoms with Crippen LogP contribution in [0.5, 0.6) is 0 Å². The van der Waals surface area contributed by atoms with Crippen molar-refractivity contribution in [2.45, 2.75) is 0 Å². The number of fused-ring (bicyclic) bond motifs is 20. The predicted octanol–water partition coefficient (Wildman–Crippen LogP) is 29.0. The second-order valence-corrected chi connectivity index (χ2v) is 35.3. The van der Waals surface area contributed by atoms with Gasteiger partial charge >= 0.3 is 0 Å². The number of imidazole rings is 4. The van der Waals surface area contributed by atoms with Crippen LogP contribution in [0.1, 0.15) is 0 Å². The molecule has 146 heavy (non-hydrogen) atoms. The molecule has 20 heteroatoms. The topological polar surface area (TPSA) is 224 Å². The highest BCUT2D eigenvalue weighted by molar-refractivity contribution is 6.13. The first-order chi connectivity index (χ1) is 72.4. The lowest BCUT2D eigenvalue weighted by Gasteiger charge is -2.09. The average Bonchev–Trinajstić information content (AvgIpc) is 1.58. The third-order valence-electron chi connectivity index (χ3n) is 26.4. The highest BCUT2D eigenvalue weighted by atomic mass is 15.1. The minimum absolute atomic E-state index is 0.857. The summed E-state index contributed by atoms with van der Waals surface area (Å²) < 4.78 is 8.50. The standard InChI is InChI=1S/C36H23N5.3C30H19N5/c1-2-9-30-28(8-1)35-36(41-23-6-4-13-33(41)40-35)34(39-30)27-20-16-25(17-21-27)24-14-18-26(19-15-24)29-11-7-12-32(38-29)31-10-3-5-22-37-31;1-2-9-24-22(8-1)29-30(35-19-6-4-13-27(35)34-29)28(33-24)21-16-14-20(15-17-21)23-11-7-12-26(32-23)25-10-3-5-18-31-25;1-2-9-26-23(8-1)29-30(35-18-4-3-12-27(35)34-29)28(33-26)21-15-13-20(14-16-21)24-10-5-11-25(32-24)22-7-6-17-31-19-22;1-2-7-26-23(6-1)29-30(35-19-4-3-10-27(35)34-29)28(33-26)22-13-11-20(12-14-22)24-8-5-9-25(32-24)21-15-17-31-18-16-21/h1-23H;3*1-19H. The molecule has 20 heterocycles. The van der Waals surface area contributed by atoms with E-state index in [1.165, 1.54) is 0 Å². The molecule has 0 unspecified atom stereocenters. The molecule has 0 spiro atoms. The zero-order chi connectivity index (χ0) is 96.7. The van der Waals surface area contributed by atoms with Crippen molar-refractivity contribution in [1.82, 2.24) is 97.3 Å². The van der Waals surface area contributed by atoms with Gasteiger partial charge in [-0.05, 0) is 181 Å². The van der Waals surface area contributed by atoms with E-state index in [0.29, 0.717) is 0 Å². The molecule has 0 aliphatic carbocycles. The molecule has 20 aromatic heterocycles. The Labute approximate surface area is 835 Å². The highest BCUT2D eigenvalue weighted by Gasteiger charge is 2.24. The zero-order valence-corrected chi connectivity index (χ0v) is 78.1. The molecule has 0 fully saturated rings. The molecule has 0 amide bonds. The van der Waals surface area contributed by atoms with Gasteiger partial charge in [-0.15, -0.1) is 0 Å². The second-order valence-electron chi connectivity index (χ2n) is 35.3. The van der Waals surface area contributed by atoms with Crippen LogP contribution < -0.4 is 0 Å². The van der Waals surface area contributed by atoms with Crippen molar-refractivity contribution in [1.29, 1.82) is 0 Å². The van der Waals surface area contributed by atoms with Gasteiger partial charge in [0.1, 0.15) is 44.7 Å². The van der Waals surface area contributed by atoms with E-state index in [1.807, 2.05) is 298 Å². The number of para-hydroxylation sites is 4. The van der Waals surface area contributed by atoms with Gasteiger partial charge in [0, 0.05) is 139 Å². The van der Waals surface area contributed by atoms with Crippen molar-refractivity contribution < 1.29 is 0 Å². The number of benzene rings is 9. The number of aromatic nitrogens is 20. The van der Waals surface area contributed by atoms with Crippen LogP contribution >= 0.6 is 0 Å². The second kappa shape index (κ2) is 37.4. The van der Waals surface area contributed by atoms with Gasteiger partial charge in [-0.25, -0.2) is 59.8 Å². The smallest absolute Gasteiger partial charge is 0.137 e. The van der Waals surface area contributed by atoms with E-state index < -0.39 is 0 Å². The first-order valence-electron chi connectivity index (χ1n) is 48.0. The van der Waals surface area contributed by atoms with E-state index in [2.05, 4.69) is 195 Å². The maximum absolute atomic E-state index is 5.10. The van der Waals surface area contributed by atoms with Crippen LogP contribution in [0.25, 0.3) is 257 Å². The number of hydrogen-bond donors (Lipinski definition) is 0. The lowest BCUT2D eigenvalue weighted by Crippen LogP contribution is -1.93. The van der Waals surface area contributed by atoms with Crippen LogP contribution in [-0.4, -0.2) is 97.3 Å². The Morgan fingerprint density at radius 2 is 0.397 bits per heavy atom. The van der Waals surface area contributed by atoms with Gasteiger partial charge < -0.3 is 0 Å². The minimum Gasteiger partial charge on any atom is -0.298 e. The van der Waals surface area contributed by atoms with Gasteiger partial charge in [0.2, 0.25) is 0 Å². The summed E-state index contributed by atoms with van der Waals surface area (Å²) in [7, 11) is 0. The van der Waals surface area contributed by atoms with E-state index in [9.17, 15) is 0 Å². The Morgan fingerprint density at radius 3 is 0.692 bits per heavy atom. The number of rotatable bonds is 13. The van der Waals surface area contributed by atoms with Crippen molar-refractivity contribution in [2.24, 2.45) is 0 Å². The van der Waals surface area contributed by atoms with Crippen molar-refractivity contribution in [2.75, 3.05) is 0 Å². The van der Waals surface area contributed by atoms with Crippen molar-refractivity contribution in [3.05, 3.63) is 487 Å². The third-order valence-corrected chi connectivity index (χ3v) is 26.4. The quantitative estimate of drug-likeness (QED) is 0.105. The van der Waals surface area contributed by atoms with E-state index in [1.54, 1.807) is 31.0 Å². The van der Waals surface area contributed by atoms with Gasteiger partial charge in [0.15, 0.2) is 0 Å². The minimum atomic E-state index is 0.857. The number of pyridine rings is 16.